The maximum atomic E-state index is 12.0. The second-order valence-electron chi connectivity index (χ2n) is 5.92. The molecule has 0 unspecified atom stereocenters. The van der Waals surface area contributed by atoms with Gasteiger partial charge in [0.1, 0.15) is 5.75 Å². The average molecular weight is 328 g/mol. The predicted molar refractivity (Wildman–Crippen MR) is 90.6 cm³/mol. The Bertz CT molecular complexity index is 758. The molecule has 1 aliphatic rings. The Morgan fingerprint density at radius 2 is 1.92 bits per heavy atom. The normalized spacial score (nSPS) is 14.1. The lowest BCUT2D eigenvalue weighted by molar-refractivity contribution is -0.0431. The average Bonchev–Trinajstić information content (AvgIpc) is 2.86. The molecule has 2 aromatic rings. The van der Waals surface area contributed by atoms with Gasteiger partial charge in [-0.05, 0) is 29.8 Å². The third-order valence-corrected chi connectivity index (χ3v) is 3.50. The molecule has 126 valence electrons. The molecule has 6 heteroatoms. The van der Waals surface area contributed by atoms with E-state index in [0.717, 1.165) is 11.3 Å². The summed E-state index contributed by atoms with van der Waals surface area (Å²) in [6, 6.07) is 12.5. The minimum absolute atomic E-state index is 0.295. The lowest BCUT2D eigenvalue weighted by atomic mass is 10.2. The van der Waals surface area contributed by atoms with Crippen molar-refractivity contribution in [1.82, 2.24) is 5.32 Å². The highest BCUT2D eigenvalue weighted by Crippen LogP contribution is 2.40. The Kier molecular flexibility index (Phi) is 4.20. The summed E-state index contributed by atoms with van der Waals surface area (Å²) in [5.41, 5.74) is 1.59. The summed E-state index contributed by atoms with van der Waals surface area (Å²) in [6.45, 7) is 4.07. The highest BCUT2D eigenvalue weighted by molar-refractivity contribution is 5.89. The number of benzene rings is 2. The van der Waals surface area contributed by atoms with Gasteiger partial charge in [0, 0.05) is 32.1 Å². The van der Waals surface area contributed by atoms with Crippen LogP contribution in [0.25, 0.3) is 0 Å². The number of amides is 2. The first-order valence-electron chi connectivity index (χ1n) is 7.65. The molecule has 1 heterocycles. The van der Waals surface area contributed by atoms with Crippen molar-refractivity contribution in [2.75, 3.05) is 12.4 Å². The van der Waals surface area contributed by atoms with Gasteiger partial charge >= 0.3 is 6.03 Å². The molecular weight excluding hydrogens is 308 g/mol. The molecule has 2 amide bonds. The van der Waals surface area contributed by atoms with Gasteiger partial charge < -0.3 is 24.8 Å². The summed E-state index contributed by atoms with van der Waals surface area (Å²) in [7, 11) is 1.61. The molecule has 0 aliphatic carbocycles. The Morgan fingerprint density at radius 1 is 1.12 bits per heavy atom. The standard InChI is InChI=1S/C18H20N2O4/c1-18(2)23-15-8-7-13(10-16(15)24-18)20-17(21)19-11-12-5-4-6-14(9-12)22-3/h4-10H,11H2,1-3H3,(H2,19,20,21). The monoisotopic (exact) mass is 328 g/mol. The van der Waals surface area contributed by atoms with Crippen LogP contribution < -0.4 is 24.8 Å². The molecule has 2 N–H and O–H groups in total. The number of hydrogen-bond donors (Lipinski definition) is 2. The van der Waals surface area contributed by atoms with Crippen LogP contribution in [-0.4, -0.2) is 18.9 Å². The van der Waals surface area contributed by atoms with Crippen LogP contribution in [0.15, 0.2) is 42.5 Å². The van der Waals surface area contributed by atoms with Crippen LogP contribution >= 0.6 is 0 Å². The minimum atomic E-state index is -0.685. The fourth-order valence-electron chi connectivity index (χ4n) is 2.44. The van der Waals surface area contributed by atoms with Gasteiger partial charge in [0.15, 0.2) is 11.5 Å². The number of carbonyl (C=O) groups is 1. The topological polar surface area (TPSA) is 68.8 Å². The largest absolute Gasteiger partial charge is 0.497 e. The Labute approximate surface area is 140 Å². The molecule has 3 rings (SSSR count). The van der Waals surface area contributed by atoms with Gasteiger partial charge in [0.25, 0.3) is 0 Å². The zero-order chi connectivity index (χ0) is 17.2. The van der Waals surface area contributed by atoms with E-state index in [9.17, 15) is 4.79 Å². The van der Waals surface area contributed by atoms with Gasteiger partial charge in [-0.2, -0.15) is 0 Å². The van der Waals surface area contributed by atoms with Crippen molar-refractivity contribution in [2.24, 2.45) is 0 Å². The third kappa shape index (κ3) is 3.71. The molecular formula is C18H20N2O4. The van der Waals surface area contributed by atoms with Gasteiger partial charge in [-0.25, -0.2) is 4.79 Å². The first kappa shape index (κ1) is 16.0. The first-order chi connectivity index (χ1) is 11.4. The van der Waals surface area contributed by atoms with E-state index in [2.05, 4.69) is 10.6 Å². The molecule has 0 atom stereocenters. The molecule has 0 radical (unpaired) electrons. The van der Waals surface area contributed by atoms with E-state index < -0.39 is 5.79 Å². The summed E-state index contributed by atoms with van der Waals surface area (Å²) >= 11 is 0. The van der Waals surface area contributed by atoms with Crippen LogP contribution in [0.2, 0.25) is 0 Å². The van der Waals surface area contributed by atoms with E-state index in [1.807, 2.05) is 38.1 Å². The summed E-state index contributed by atoms with van der Waals surface area (Å²) in [4.78, 5) is 12.0. The van der Waals surface area contributed by atoms with Gasteiger partial charge in [0.05, 0.1) is 7.11 Å². The number of nitrogens with one attached hydrogen (secondary N) is 2. The summed E-state index contributed by atoms with van der Waals surface area (Å²) in [5.74, 6) is 1.36. The van der Waals surface area contributed by atoms with Gasteiger partial charge in [-0.3, -0.25) is 0 Å². The quantitative estimate of drug-likeness (QED) is 0.901. The predicted octanol–water partition coefficient (Wildman–Crippen LogP) is 3.52. The van der Waals surface area contributed by atoms with Crippen LogP contribution in [0.4, 0.5) is 10.5 Å². The van der Waals surface area contributed by atoms with Gasteiger partial charge in [-0.1, -0.05) is 12.1 Å². The zero-order valence-corrected chi connectivity index (χ0v) is 13.9. The number of urea groups is 1. The number of methoxy groups -OCH3 is 1. The van der Waals surface area contributed by atoms with Crippen LogP contribution in [0.3, 0.4) is 0 Å². The highest BCUT2D eigenvalue weighted by atomic mass is 16.7. The fourth-order valence-corrected chi connectivity index (χ4v) is 2.44. The van der Waals surface area contributed by atoms with Crippen molar-refractivity contribution in [3.8, 4) is 17.2 Å². The summed E-state index contributed by atoms with van der Waals surface area (Å²) in [6.07, 6.45) is 0. The number of ether oxygens (including phenoxy) is 3. The molecule has 0 saturated heterocycles. The Hall–Kier alpha value is -2.89. The number of fused-ring (bicyclic) bond motifs is 1. The van der Waals surface area contributed by atoms with Crippen molar-refractivity contribution in [3.63, 3.8) is 0 Å². The number of rotatable bonds is 4. The number of hydrogen-bond acceptors (Lipinski definition) is 4. The number of carbonyl (C=O) groups excluding carboxylic acids is 1. The van der Waals surface area contributed by atoms with Crippen molar-refractivity contribution >= 4 is 11.7 Å². The minimum Gasteiger partial charge on any atom is -0.497 e. The maximum Gasteiger partial charge on any atom is 0.319 e. The van der Waals surface area contributed by atoms with E-state index >= 15 is 0 Å². The fraction of sp³-hybridized carbons (Fsp3) is 0.278. The smallest absolute Gasteiger partial charge is 0.319 e. The molecule has 24 heavy (non-hydrogen) atoms. The van der Waals surface area contributed by atoms with Crippen LogP contribution in [0.1, 0.15) is 19.4 Å². The Morgan fingerprint density at radius 3 is 2.71 bits per heavy atom. The summed E-state index contributed by atoms with van der Waals surface area (Å²) in [5, 5.41) is 5.59. The second kappa shape index (κ2) is 6.31. The van der Waals surface area contributed by atoms with Gasteiger partial charge in [-0.15, -0.1) is 0 Å². The molecule has 0 spiro atoms. The van der Waals surface area contributed by atoms with Crippen LogP contribution in [0.5, 0.6) is 17.2 Å². The highest BCUT2D eigenvalue weighted by Gasteiger charge is 2.31. The van der Waals surface area contributed by atoms with E-state index in [0.29, 0.717) is 23.7 Å². The molecule has 2 aromatic carbocycles. The zero-order valence-electron chi connectivity index (χ0n) is 13.9. The van der Waals surface area contributed by atoms with Crippen molar-refractivity contribution in [2.45, 2.75) is 26.2 Å². The number of anilines is 1. The summed E-state index contributed by atoms with van der Waals surface area (Å²) < 4.78 is 16.4. The van der Waals surface area contributed by atoms with E-state index in [1.54, 1.807) is 25.3 Å². The Balaban J connectivity index is 1.58. The first-order valence-corrected chi connectivity index (χ1v) is 7.65. The van der Waals surface area contributed by atoms with E-state index in [1.165, 1.54) is 0 Å². The van der Waals surface area contributed by atoms with Gasteiger partial charge in [0.2, 0.25) is 5.79 Å². The van der Waals surface area contributed by atoms with Crippen molar-refractivity contribution in [1.29, 1.82) is 0 Å². The van der Waals surface area contributed by atoms with Crippen molar-refractivity contribution in [3.05, 3.63) is 48.0 Å². The SMILES string of the molecule is COc1cccc(CNC(=O)Nc2ccc3c(c2)OC(C)(C)O3)c1. The van der Waals surface area contributed by atoms with Crippen LogP contribution in [-0.2, 0) is 6.54 Å². The van der Waals surface area contributed by atoms with E-state index in [4.69, 9.17) is 14.2 Å². The lowest BCUT2D eigenvalue weighted by Gasteiger charge is -2.16. The maximum absolute atomic E-state index is 12.0. The van der Waals surface area contributed by atoms with Crippen LogP contribution in [0, 0.1) is 0 Å². The lowest BCUT2D eigenvalue weighted by Crippen LogP contribution is -2.29. The molecule has 6 nitrogen and oxygen atoms in total. The van der Waals surface area contributed by atoms with Crippen molar-refractivity contribution < 1.29 is 19.0 Å². The molecule has 0 saturated carbocycles. The van der Waals surface area contributed by atoms with E-state index in [-0.39, 0.29) is 6.03 Å². The third-order valence-electron chi connectivity index (χ3n) is 3.50. The molecule has 0 aromatic heterocycles. The molecule has 0 fully saturated rings. The molecule has 0 bridgehead atoms. The molecule has 1 aliphatic heterocycles. The second-order valence-corrected chi connectivity index (χ2v) is 5.92.